The van der Waals surface area contributed by atoms with E-state index < -0.39 is 6.10 Å². The second kappa shape index (κ2) is 8.43. The zero-order chi connectivity index (χ0) is 15.0. The normalized spacial score (nSPS) is 11.8. The van der Waals surface area contributed by atoms with Crippen LogP contribution < -0.4 is 20.1 Å². The predicted molar refractivity (Wildman–Crippen MR) is 79.1 cm³/mol. The fourth-order valence-corrected chi connectivity index (χ4v) is 1.74. The highest BCUT2D eigenvalue weighted by Gasteiger charge is 2.16. The first-order valence-electron chi connectivity index (χ1n) is 6.88. The average Bonchev–Trinajstić information content (AvgIpc) is 2.46. The van der Waals surface area contributed by atoms with Crippen molar-refractivity contribution in [3.63, 3.8) is 0 Å². The number of ether oxygens (including phenoxy) is 2. The molecule has 0 saturated heterocycles. The SMILES string of the molecule is CCCNC(=O)C(C)Oc1cc(OC)ccc1CNC. The maximum absolute atomic E-state index is 11.8. The van der Waals surface area contributed by atoms with Gasteiger partial charge in [0.25, 0.3) is 5.91 Å². The second-order valence-corrected chi connectivity index (χ2v) is 4.56. The van der Waals surface area contributed by atoms with Crippen molar-refractivity contribution in [3.8, 4) is 11.5 Å². The first-order chi connectivity index (χ1) is 9.62. The molecule has 1 aromatic carbocycles. The van der Waals surface area contributed by atoms with Gasteiger partial charge in [-0.3, -0.25) is 4.79 Å². The molecule has 1 rings (SSSR count). The molecule has 0 spiro atoms. The number of hydrogen-bond acceptors (Lipinski definition) is 4. The predicted octanol–water partition coefficient (Wildman–Crippen LogP) is 1.71. The maximum Gasteiger partial charge on any atom is 0.260 e. The number of methoxy groups -OCH3 is 1. The molecule has 1 amide bonds. The molecule has 0 aromatic heterocycles. The molecule has 1 aromatic rings. The van der Waals surface area contributed by atoms with Gasteiger partial charge >= 0.3 is 0 Å². The monoisotopic (exact) mass is 280 g/mol. The quantitative estimate of drug-likeness (QED) is 0.761. The van der Waals surface area contributed by atoms with Crippen LogP contribution in [0.4, 0.5) is 0 Å². The molecule has 0 aliphatic carbocycles. The number of hydrogen-bond donors (Lipinski definition) is 2. The summed E-state index contributed by atoms with van der Waals surface area (Å²) in [5.74, 6) is 1.27. The van der Waals surface area contributed by atoms with Crippen LogP contribution in [0.2, 0.25) is 0 Å². The number of amides is 1. The van der Waals surface area contributed by atoms with E-state index in [0.29, 0.717) is 24.6 Å². The van der Waals surface area contributed by atoms with Gasteiger partial charge in [0, 0.05) is 24.7 Å². The van der Waals surface area contributed by atoms with E-state index >= 15 is 0 Å². The van der Waals surface area contributed by atoms with Gasteiger partial charge < -0.3 is 20.1 Å². The summed E-state index contributed by atoms with van der Waals surface area (Å²) >= 11 is 0. The molecule has 0 saturated carbocycles. The Morgan fingerprint density at radius 1 is 1.40 bits per heavy atom. The van der Waals surface area contributed by atoms with Crippen molar-refractivity contribution in [2.75, 3.05) is 20.7 Å². The van der Waals surface area contributed by atoms with Gasteiger partial charge in [-0.05, 0) is 26.5 Å². The van der Waals surface area contributed by atoms with Gasteiger partial charge in [-0.15, -0.1) is 0 Å². The molecule has 0 fully saturated rings. The van der Waals surface area contributed by atoms with E-state index in [4.69, 9.17) is 9.47 Å². The van der Waals surface area contributed by atoms with E-state index in [9.17, 15) is 4.79 Å². The summed E-state index contributed by atoms with van der Waals surface area (Å²) in [6.45, 7) is 5.09. The zero-order valence-corrected chi connectivity index (χ0v) is 12.7. The first-order valence-corrected chi connectivity index (χ1v) is 6.88. The van der Waals surface area contributed by atoms with Crippen molar-refractivity contribution >= 4 is 5.91 Å². The molecule has 20 heavy (non-hydrogen) atoms. The Kier molecular flexibility index (Phi) is 6.87. The molecule has 0 aliphatic rings. The van der Waals surface area contributed by atoms with Gasteiger partial charge in [-0.25, -0.2) is 0 Å². The Labute approximate surface area is 120 Å². The van der Waals surface area contributed by atoms with Gasteiger partial charge in [0.15, 0.2) is 6.10 Å². The summed E-state index contributed by atoms with van der Waals surface area (Å²) in [5, 5.41) is 5.90. The molecule has 5 heteroatoms. The number of nitrogens with one attached hydrogen (secondary N) is 2. The average molecular weight is 280 g/mol. The lowest BCUT2D eigenvalue weighted by Crippen LogP contribution is -2.36. The van der Waals surface area contributed by atoms with E-state index in [1.165, 1.54) is 0 Å². The van der Waals surface area contributed by atoms with Crippen LogP contribution in [0.5, 0.6) is 11.5 Å². The highest BCUT2D eigenvalue weighted by atomic mass is 16.5. The second-order valence-electron chi connectivity index (χ2n) is 4.56. The Morgan fingerprint density at radius 2 is 2.15 bits per heavy atom. The van der Waals surface area contributed by atoms with Gasteiger partial charge in [0.1, 0.15) is 11.5 Å². The highest BCUT2D eigenvalue weighted by molar-refractivity contribution is 5.80. The van der Waals surface area contributed by atoms with Gasteiger partial charge in [0.2, 0.25) is 0 Å². The molecule has 1 unspecified atom stereocenters. The molecule has 5 nitrogen and oxygen atoms in total. The van der Waals surface area contributed by atoms with E-state index in [1.807, 2.05) is 26.1 Å². The summed E-state index contributed by atoms with van der Waals surface area (Å²) in [6.07, 6.45) is 0.368. The van der Waals surface area contributed by atoms with Crippen LogP contribution in [0.25, 0.3) is 0 Å². The molecule has 1 atom stereocenters. The molecular weight excluding hydrogens is 256 g/mol. The third-order valence-corrected chi connectivity index (χ3v) is 2.86. The minimum atomic E-state index is -0.538. The molecular formula is C15H24N2O3. The van der Waals surface area contributed by atoms with Crippen LogP contribution in [0.3, 0.4) is 0 Å². The lowest BCUT2D eigenvalue weighted by Gasteiger charge is -2.18. The van der Waals surface area contributed by atoms with Crippen molar-refractivity contribution in [2.45, 2.75) is 32.9 Å². The summed E-state index contributed by atoms with van der Waals surface area (Å²) in [6, 6.07) is 5.61. The van der Waals surface area contributed by atoms with Crippen molar-refractivity contribution in [2.24, 2.45) is 0 Å². The largest absolute Gasteiger partial charge is 0.497 e. The molecule has 0 heterocycles. The minimum absolute atomic E-state index is 0.106. The number of rotatable bonds is 8. The van der Waals surface area contributed by atoms with E-state index in [-0.39, 0.29) is 5.91 Å². The first kappa shape index (κ1) is 16.3. The third kappa shape index (κ3) is 4.74. The van der Waals surface area contributed by atoms with Crippen molar-refractivity contribution in [1.82, 2.24) is 10.6 Å². The summed E-state index contributed by atoms with van der Waals surface area (Å²) in [4.78, 5) is 11.8. The number of carbonyl (C=O) groups excluding carboxylic acids is 1. The lowest BCUT2D eigenvalue weighted by molar-refractivity contribution is -0.127. The highest BCUT2D eigenvalue weighted by Crippen LogP contribution is 2.25. The summed E-state index contributed by atoms with van der Waals surface area (Å²) < 4.78 is 11.0. The Bertz CT molecular complexity index is 435. The molecule has 0 bridgehead atoms. The molecule has 0 aliphatic heterocycles. The standard InChI is InChI=1S/C15H24N2O3/c1-5-8-17-15(18)11(2)20-14-9-13(19-4)7-6-12(14)10-16-3/h6-7,9,11,16H,5,8,10H2,1-4H3,(H,17,18). The Hall–Kier alpha value is -1.75. The van der Waals surface area contributed by atoms with Crippen LogP contribution in [0, 0.1) is 0 Å². The summed E-state index contributed by atoms with van der Waals surface area (Å²) in [5.41, 5.74) is 0.989. The van der Waals surface area contributed by atoms with Crippen LogP contribution in [0.1, 0.15) is 25.8 Å². The zero-order valence-electron chi connectivity index (χ0n) is 12.7. The fourth-order valence-electron chi connectivity index (χ4n) is 1.74. The maximum atomic E-state index is 11.8. The van der Waals surface area contributed by atoms with Crippen LogP contribution in [0.15, 0.2) is 18.2 Å². The van der Waals surface area contributed by atoms with Crippen LogP contribution >= 0.6 is 0 Å². The summed E-state index contributed by atoms with van der Waals surface area (Å²) in [7, 11) is 3.47. The van der Waals surface area contributed by atoms with Crippen molar-refractivity contribution in [3.05, 3.63) is 23.8 Å². The van der Waals surface area contributed by atoms with Gasteiger partial charge in [0.05, 0.1) is 7.11 Å². The fraction of sp³-hybridized carbons (Fsp3) is 0.533. The topological polar surface area (TPSA) is 59.6 Å². The number of benzene rings is 1. The third-order valence-electron chi connectivity index (χ3n) is 2.86. The minimum Gasteiger partial charge on any atom is -0.497 e. The van der Waals surface area contributed by atoms with E-state index in [1.54, 1.807) is 20.1 Å². The number of carbonyl (C=O) groups is 1. The smallest absolute Gasteiger partial charge is 0.260 e. The van der Waals surface area contributed by atoms with Crippen LogP contribution in [-0.4, -0.2) is 32.7 Å². The molecule has 112 valence electrons. The molecule has 0 radical (unpaired) electrons. The van der Waals surface area contributed by atoms with Gasteiger partial charge in [-0.1, -0.05) is 13.0 Å². The molecule has 2 N–H and O–H groups in total. The van der Waals surface area contributed by atoms with Crippen LogP contribution in [-0.2, 0) is 11.3 Å². The van der Waals surface area contributed by atoms with E-state index in [2.05, 4.69) is 10.6 Å². The van der Waals surface area contributed by atoms with Crippen molar-refractivity contribution < 1.29 is 14.3 Å². The van der Waals surface area contributed by atoms with E-state index in [0.717, 1.165) is 12.0 Å². The Morgan fingerprint density at radius 3 is 2.75 bits per heavy atom. The Balaban J connectivity index is 2.80. The van der Waals surface area contributed by atoms with Crippen molar-refractivity contribution in [1.29, 1.82) is 0 Å². The lowest BCUT2D eigenvalue weighted by atomic mass is 10.2. The van der Waals surface area contributed by atoms with Gasteiger partial charge in [-0.2, -0.15) is 0 Å².